The quantitative estimate of drug-likeness (QED) is 0.0261. The Bertz CT molecular complexity index is 1700. The fourth-order valence-corrected chi connectivity index (χ4v) is 9.75. The van der Waals surface area contributed by atoms with Gasteiger partial charge in [0.15, 0.2) is 6.10 Å². The number of hydrogen-bond acceptors (Lipinski definition) is 6. The summed E-state index contributed by atoms with van der Waals surface area (Å²) in [5.41, 5.74) is 0. The molecule has 1 atom stereocenters. The first-order valence-corrected chi connectivity index (χ1v) is 35.0. The molecule has 0 aromatic carbocycles. The summed E-state index contributed by atoms with van der Waals surface area (Å²) in [6.45, 7) is 6.36. The number of esters is 3. The van der Waals surface area contributed by atoms with Crippen LogP contribution in [0.15, 0.2) is 122 Å². The van der Waals surface area contributed by atoms with Crippen LogP contribution in [0.2, 0.25) is 0 Å². The van der Waals surface area contributed by atoms with Crippen molar-refractivity contribution in [3.63, 3.8) is 0 Å². The summed E-state index contributed by atoms with van der Waals surface area (Å²) >= 11 is 0. The topological polar surface area (TPSA) is 78.9 Å². The third-order valence-electron chi connectivity index (χ3n) is 14.9. The molecule has 1 unspecified atom stereocenters. The SMILES string of the molecule is CC/C=C\C/C=C\C/C=C\C/C=C\CCCCCCCCCCCCCCCCCCCCCCCCC(=O)OCC(COC(=O)CCCCCCC/C=C\C/C=C\CCCCC)OC(=O)CCCC/C=C\C/C=C\C/C=C\C/C=C\CC. The molecule has 0 rings (SSSR count). The average molecular weight is 1150 g/mol. The van der Waals surface area contributed by atoms with E-state index in [1.54, 1.807) is 0 Å². The van der Waals surface area contributed by atoms with E-state index < -0.39 is 6.10 Å². The van der Waals surface area contributed by atoms with Gasteiger partial charge < -0.3 is 14.2 Å². The van der Waals surface area contributed by atoms with Crippen LogP contribution in [0.3, 0.4) is 0 Å². The molecule has 0 fully saturated rings. The van der Waals surface area contributed by atoms with E-state index in [-0.39, 0.29) is 37.5 Å². The van der Waals surface area contributed by atoms with Gasteiger partial charge in [-0.05, 0) is 128 Å². The minimum atomic E-state index is -0.807. The number of rotatable bonds is 63. The number of carbonyl (C=O) groups excluding carboxylic acids is 3. The van der Waals surface area contributed by atoms with Crippen LogP contribution in [0.25, 0.3) is 0 Å². The molecule has 83 heavy (non-hydrogen) atoms. The van der Waals surface area contributed by atoms with E-state index in [1.165, 1.54) is 154 Å². The van der Waals surface area contributed by atoms with Crippen LogP contribution in [0.1, 0.15) is 329 Å². The molecule has 0 bridgehead atoms. The second kappa shape index (κ2) is 70.3. The zero-order chi connectivity index (χ0) is 59.9. The van der Waals surface area contributed by atoms with Crippen molar-refractivity contribution in [3.8, 4) is 0 Å². The summed E-state index contributed by atoms with van der Waals surface area (Å²) in [4.78, 5) is 38.3. The van der Waals surface area contributed by atoms with Crippen LogP contribution in [0, 0.1) is 0 Å². The van der Waals surface area contributed by atoms with Gasteiger partial charge in [-0.1, -0.05) is 303 Å². The molecule has 0 saturated heterocycles. The minimum absolute atomic E-state index is 0.0979. The largest absolute Gasteiger partial charge is 0.462 e. The minimum Gasteiger partial charge on any atom is -0.462 e. The molecule has 0 aliphatic rings. The van der Waals surface area contributed by atoms with Gasteiger partial charge in [0.1, 0.15) is 13.2 Å². The lowest BCUT2D eigenvalue weighted by atomic mass is 10.0. The highest BCUT2D eigenvalue weighted by Crippen LogP contribution is 2.17. The van der Waals surface area contributed by atoms with Crippen LogP contribution >= 0.6 is 0 Å². The third kappa shape index (κ3) is 68.5. The number of hydrogen-bond donors (Lipinski definition) is 0. The van der Waals surface area contributed by atoms with Crippen molar-refractivity contribution >= 4 is 17.9 Å². The fraction of sp³-hybridized carbons (Fsp3) is 0.701. The van der Waals surface area contributed by atoms with E-state index >= 15 is 0 Å². The van der Waals surface area contributed by atoms with Gasteiger partial charge >= 0.3 is 17.9 Å². The van der Waals surface area contributed by atoms with Crippen molar-refractivity contribution in [2.75, 3.05) is 13.2 Å². The number of ether oxygens (including phenoxy) is 3. The van der Waals surface area contributed by atoms with Gasteiger partial charge in [-0.3, -0.25) is 14.4 Å². The van der Waals surface area contributed by atoms with Gasteiger partial charge in [0.2, 0.25) is 0 Å². The summed E-state index contributed by atoms with van der Waals surface area (Å²) < 4.78 is 16.9. The predicted octanol–water partition coefficient (Wildman–Crippen LogP) is 24.3. The van der Waals surface area contributed by atoms with Crippen molar-refractivity contribution < 1.29 is 28.6 Å². The van der Waals surface area contributed by atoms with Gasteiger partial charge in [-0.2, -0.15) is 0 Å². The normalized spacial score (nSPS) is 12.9. The molecule has 0 aliphatic carbocycles. The Labute approximate surface area is 513 Å². The lowest BCUT2D eigenvalue weighted by Crippen LogP contribution is -2.30. The Morgan fingerprint density at radius 2 is 0.470 bits per heavy atom. The highest BCUT2D eigenvalue weighted by atomic mass is 16.6. The monoisotopic (exact) mass is 1150 g/mol. The van der Waals surface area contributed by atoms with Crippen molar-refractivity contribution in [2.24, 2.45) is 0 Å². The Morgan fingerprint density at radius 1 is 0.253 bits per heavy atom. The van der Waals surface area contributed by atoms with E-state index in [2.05, 4.69) is 142 Å². The van der Waals surface area contributed by atoms with Crippen molar-refractivity contribution in [3.05, 3.63) is 122 Å². The van der Waals surface area contributed by atoms with Crippen molar-refractivity contribution in [2.45, 2.75) is 335 Å². The maximum absolute atomic E-state index is 12.9. The maximum Gasteiger partial charge on any atom is 0.306 e. The average Bonchev–Trinajstić information content (AvgIpc) is 3.49. The van der Waals surface area contributed by atoms with Crippen LogP contribution in [-0.2, 0) is 28.6 Å². The van der Waals surface area contributed by atoms with Crippen molar-refractivity contribution in [1.29, 1.82) is 0 Å². The molecule has 6 heteroatoms. The van der Waals surface area contributed by atoms with E-state index in [0.29, 0.717) is 19.3 Å². The van der Waals surface area contributed by atoms with E-state index in [4.69, 9.17) is 14.2 Å². The molecule has 474 valence electrons. The number of carbonyl (C=O) groups is 3. The lowest BCUT2D eigenvalue weighted by molar-refractivity contribution is -0.167. The Kier molecular flexibility index (Phi) is 66.7. The molecule has 0 aliphatic heterocycles. The molecule has 0 spiro atoms. The van der Waals surface area contributed by atoms with Gasteiger partial charge in [0, 0.05) is 19.3 Å². The van der Waals surface area contributed by atoms with Crippen LogP contribution < -0.4 is 0 Å². The summed E-state index contributed by atoms with van der Waals surface area (Å²) in [6.07, 6.45) is 98.2. The van der Waals surface area contributed by atoms with Gasteiger partial charge in [0.05, 0.1) is 0 Å². The Morgan fingerprint density at radius 3 is 0.759 bits per heavy atom. The van der Waals surface area contributed by atoms with Gasteiger partial charge in [-0.15, -0.1) is 0 Å². The maximum atomic E-state index is 12.9. The molecule has 0 N–H and O–H groups in total. The first-order valence-electron chi connectivity index (χ1n) is 35.0. The highest BCUT2D eigenvalue weighted by Gasteiger charge is 2.19. The zero-order valence-electron chi connectivity index (χ0n) is 54.4. The molecular formula is C77H130O6. The smallest absolute Gasteiger partial charge is 0.306 e. The van der Waals surface area contributed by atoms with Crippen LogP contribution in [0.5, 0.6) is 0 Å². The Hall–Kier alpha value is -4.19. The number of allylic oxidation sites excluding steroid dienone is 20. The second-order valence-corrected chi connectivity index (χ2v) is 23.0. The lowest BCUT2D eigenvalue weighted by Gasteiger charge is -2.18. The summed E-state index contributed by atoms with van der Waals surface area (Å²) in [5, 5.41) is 0. The van der Waals surface area contributed by atoms with Crippen LogP contribution in [0.4, 0.5) is 0 Å². The number of unbranched alkanes of at least 4 members (excludes halogenated alkanes) is 32. The van der Waals surface area contributed by atoms with Gasteiger partial charge in [0.25, 0.3) is 0 Å². The van der Waals surface area contributed by atoms with Crippen molar-refractivity contribution in [1.82, 2.24) is 0 Å². The molecule has 0 aromatic rings. The molecule has 0 amide bonds. The summed E-state index contributed by atoms with van der Waals surface area (Å²) in [5.74, 6) is -0.944. The molecule has 0 aromatic heterocycles. The van der Waals surface area contributed by atoms with Gasteiger partial charge in [-0.25, -0.2) is 0 Å². The molecule has 0 heterocycles. The predicted molar refractivity (Wildman–Crippen MR) is 362 cm³/mol. The van der Waals surface area contributed by atoms with E-state index in [9.17, 15) is 14.4 Å². The van der Waals surface area contributed by atoms with E-state index in [0.717, 1.165) is 128 Å². The van der Waals surface area contributed by atoms with Crippen LogP contribution in [-0.4, -0.2) is 37.2 Å². The Balaban J connectivity index is 4.16. The summed E-state index contributed by atoms with van der Waals surface area (Å²) in [7, 11) is 0. The highest BCUT2D eigenvalue weighted by molar-refractivity contribution is 5.71. The van der Waals surface area contributed by atoms with E-state index in [1.807, 2.05) is 0 Å². The molecule has 0 radical (unpaired) electrons. The third-order valence-corrected chi connectivity index (χ3v) is 14.9. The second-order valence-electron chi connectivity index (χ2n) is 23.0. The standard InChI is InChI=1S/C77H130O6/c1-4-7-10-13-16-19-22-25-28-29-30-31-32-33-34-35-36-37-38-39-40-41-42-43-44-45-46-47-50-52-55-58-61-64-67-70-76(79)82-73-74(83-77(80)71-68-65-62-59-56-53-49-27-24-21-18-15-12-9-6-3)72-81-75(78)69-66-63-60-57-54-51-48-26-23-20-17-14-11-8-5-2/h7,9-10,12,16-21,25-28,30-31,48-49,56,59,74H,4-6,8,11,13-15,22-24,29,32-47,50-55,57-58,60-73H2,1-3H3/b10-7-,12-9-,19-16-,20-17-,21-18-,28-25-,31-30-,48-26-,49-27-,59-56-. The molecule has 0 saturated carbocycles. The fourth-order valence-electron chi connectivity index (χ4n) is 9.75. The molecule has 6 nitrogen and oxygen atoms in total. The summed E-state index contributed by atoms with van der Waals surface area (Å²) in [6, 6.07) is 0. The molecular weight excluding hydrogens is 1020 g/mol. The first kappa shape index (κ1) is 78.8. The first-order chi connectivity index (χ1) is 41.0. The zero-order valence-corrected chi connectivity index (χ0v) is 54.4.